The summed E-state index contributed by atoms with van der Waals surface area (Å²) in [5, 5.41) is 19.6. The quantitative estimate of drug-likeness (QED) is 0.164. The molecule has 4 aromatic rings. The highest BCUT2D eigenvalue weighted by Crippen LogP contribution is 2.36. The van der Waals surface area contributed by atoms with Gasteiger partial charge >= 0.3 is 35.8 Å². The lowest BCUT2D eigenvalue weighted by atomic mass is 9.97. The van der Waals surface area contributed by atoms with E-state index in [9.17, 15) is 39.0 Å². The summed E-state index contributed by atoms with van der Waals surface area (Å²) >= 11 is 0. The Balaban J connectivity index is 1.38. The molecule has 11 heteroatoms. The van der Waals surface area contributed by atoms with Crippen LogP contribution in [-0.2, 0) is 14.2 Å². The molecule has 2 aliphatic rings. The van der Waals surface area contributed by atoms with Gasteiger partial charge in [-0.3, -0.25) is 0 Å². The molecule has 6 rings (SSSR count). The summed E-state index contributed by atoms with van der Waals surface area (Å²) in [4.78, 5) is 75.7. The minimum absolute atomic E-state index is 0.0349. The zero-order valence-corrected chi connectivity index (χ0v) is 22.8. The van der Waals surface area contributed by atoms with Gasteiger partial charge in [0, 0.05) is 11.1 Å². The van der Waals surface area contributed by atoms with Gasteiger partial charge in [0.1, 0.15) is 11.5 Å². The molecule has 0 unspecified atom stereocenters. The lowest BCUT2D eigenvalue weighted by Gasteiger charge is -2.10. The predicted molar refractivity (Wildman–Crippen MR) is 156 cm³/mol. The Morgan fingerprint density at radius 1 is 0.533 bits per heavy atom. The number of carboxylic acids is 2. The summed E-state index contributed by atoms with van der Waals surface area (Å²) in [5.74, 6) is -7.66. The van der Waals surface area contributed by atoms with Crippen molar-refractivity contribution in [1.82, 2.24) is 0 Å². The Morgan fingerprint density at radius 3 is 1.24 bits per heavy atom. The van der Waals surface area contributed by atoms with E-state index in [2.05, 4.69) is 0 Å². The van der Waals surface area contributed by atoms with E-state index in [4.69, 9.17) is 14.2 Å². The molecule has 220 valence electrons. The van der Waals surface area contributed by atoms with Gasteiger partial charge in [0.05, 0.1) is 33.4 Å². The monoisotopic (exact) mass is 602 g/mol. The second-order valence-corrected chi connectivity index (χ2v) is 9.79. The van der Waals surface area contributed by atoms with Gasteiger partial charge in [-0.1, -0.05) is 60.7 Å². The number of benzene rings is 4. The first-order valence-electron chi connectivity index (χ1n) is 13.2. The van der Waals surface area contributed by atoms with E-state index in [1.54, 1.807) is 60.7 Å². The van der Waals surface area contributed by atoms with Crippen LogP contribution in [0.3, 0.4) is 0 Å². The first kappa shape index (κ1) is 28.5. The van der Waals surface area contributed by atoms with Crippen LogP contribution in [-0.4, -0.2) is 46.0 Å². The van der Waals surface area contributed by atoms with E-state index in [-0.39, 0.29) is 33.8 Å². The molecular weight excluding hydrogens is 584 g/mol. The lowest BCUT2D eigenvalue weighted by molar-refractivity contribution is 0.0385. The number of hydrogen-bond acceptors (Lipinski definition) is 9. The summed E-state index contributed by atoms with van der Waals surface area (Å²) in [5.41, 5.74) is -1.24. The van der Waals surface area contributed by atoms with Crippen molar-refractivity contribution in [3.8, 4) is 0 Å². The van der Waals surface area contributed by atoms with Crippen LogP contribution in [0.1, 0.15) is 84.4 Å². The van der Waals surface area contributed by atoms with Crippen LogP contribution in [0.2, 0.25) is 0 Å². The largest absolute Gasteiger partial charge is 0.478 e. The Hall–Kier alpha value is -6.62. The average molecular weight is 603 g/mol. The number of ether oxygens (including phenoxy) is 3. The predicted octanol–water partition coefficient (Wildman–Crippen LogP) is 5.42. The number of aromatic carboxylic acids is 2. The maximum absolute atomic E-state index is 13.3. The molecule has 0 spiro atoms. The molecule has 0 saturated carbocycles. The molecule has 11 nitrogen and oxygen atoms in total. The van der Waals surface area contributed by atoms with E-state index in [1.807, 2.05) is 0 Å². The van der Waals surface area contributed by atoms with Gasteiger partial charge in [-0.05, 0) is 47.5 Å². The van der Waals surface area contributed by atoms with Gasteiger partial charge in [-0.15, -0.1) is 0 Å². The third-order valence-corrected chi connectivity index (χ3v) is 6.97. The molecule has 2 N–H and O–H groups in total. The van der Waals surface area contributed by atoms with Gasteiger partial charge < -0.3 is 24.4 Å². The number of carbonyl (C=O) groups is 6. The Kier molecular flexibility index (Phi) is 7.11. The maximum atomic E-state index is 13.3. The summed E-state index contributed by atoms with van der Waals surface area (Å²) in [6.07, 6.45) is 3.02. The molecule has 2 aliphatic heterocycles. The second kappa shape index (κ2) is 11.2. The standard InChI is InChI=1S/C34H18O11/c35-29(36)21-15-23-19(27(43-31(23)39)11-17-7-3-1-4-8-17)13-25(21)33(41)45-34(42)26-14-20-24(16-22(26)30(37)38)32(40)44-28(20)12-18-9-5-2-6-10-18/h1-16H,(H,35,36)(H,37,38)/b27-11-,28-12-. The summed E-state index contributed by atoms with van der Waals surface area (Å²) in [7, 11) is 0. The first-order chi connectivity index (χ1) is 21.6. The highest BCUT2D eigenvalue weighted by atomic mass is 16.6. The molecule has 0 radical (unpaired) electrons. The van der Waals surface area contributed by atoms with Crippen molar-refractivity contribution < 1.29 is 53.2 Å². The molecule has 0 bridgehead atoms. The minimum atomic E-state index is -1.60. The SMILES string of the molecule is O=C(O)c1cc2c(cc1C(=O)OC(=O)c1cc3c(cc1C(=O)O)C(=O)O/C3=C\c1ccccc1)/C(=C/c1ccccc1)OC2=O. The molecule has 0 saturated heterocycles. The molecule has 0 amide bonds. The summed E-state index contributed by atoms with van der Waals surface area (Å²) in [6.45, 7) is 0. The van der Waals surface area contributed by atoms with Gasteiger partial charge in [0.25, 0.3) is 0 Å². The van der Waals surface area contributed by atoms with Crippen LogP contribution in [0.4, 0.5) is 0 Å². The number of esters is 4. The van der Waals surface area contributed by atoms with Crippen molar-refractivity contribution in [3.05, 3.63) is 141 Å². The van der Waals surface area contributed by atoms with E-state index >= 15 is 0 Å². The Morgan fingerprint density at radius 2 is 0.889 bits per heavy atom. The fraction of sp³-hybridized carbons (Fsp3) is 0. The highest BCUT2D eigenvalue weighted by Gasteiger charge is 2.35. The third-order valence-electron chi connectivity index (χ3n) is 6.97. The molecule has 0 aromatic heterocycles. The van der Waals surface area contributed by atoms with Crippen molar-refractivity contribution >= 4 is 59.5 Å². The van der Waals surface area contributed by atoms with E-state index in [1.165, 1.54) is 12.2 Å². The number of fused-ring (bicyclic) bond motifs is 2. The normalized spacial score (nSPS) is 14.8. The van der Waals surface area contributed by atoms with Crippen LogP contribution in [0.5, 0.6) is 0 Å². The smallest absolute Gasteiger partial charge is 0.346 e. The molecule has 0 aliphatic carbocycles. The minimum Gasteiger partial charge on any atom is -0.478 e. The zero-order chi connectivity index (χ0) is 31.8. The number of cyclic esters (lactones) is 2. The van der Waals surface area contributed by atoms with Crippen molar-refractivity contribution in [3.63, 3.8) is 0 Å². The zero-order valence-electron chi connectivity index (χ0n) is 22.8. The van der Waals surface area contributed by atoms with Crippen molar-refractivity contribution in [2.45, 2.75) is 0 Å². The number of carboxylic acid groups (broad SMARTS) is 2. The van der Waals surface area contributed by atoms with Crippen molar-refractivity contribution in [2.75, 3.05) is 0 Å². The van der Waals surface area contributed by atoms with Gasteiger partial charge in [-0.2, -0.15) is 0 Å². The lowest BCUT2D eigenvalue weighted by Crippen LogP contribution is -2.19. The number of rotatable bonds is 6. The van der Waals surface area contributed by atoms with Crippen LogP contribution in [0, 0.1) is 0 Å². The fourth-order valence-corrected chi connectivity index (χ4v) is 4.87. The fourth-order valence-electron chi connectivity index (χ4n) is 4.87. The molecular formula is C34H18O11. The summed E-state index contributed by atoms with van der Waals surface area (Å²) in [6, 6.07) is 21.5. The Bertz CT molecular complexity index is 1890. The van der Waals surface area contributed by atoms with Gasteiger partial charge in [0.2, 0.25) is 0 Å². The van der Waals surface area contributed by atoms with Crippen LogP contribution < -0.4 is 0 Å². The van der Waals surface area contributed by atoms with Crippen LogP contribution in [0.25, 0.3) is 23.7 Å². The first-order valence-corrected chi connectivity index (χ1v) is 13.2. The summed E-state index contributed by atoms with van der Waals surface area (Å²) < 4.78 is 15.6. The van der Waals surface area contributed by atoms with Gasteiger partial charge in [-0.25, -0.2) is 28.8 Å². The van der Waals surface area contributed by atoms with Crippen molar-refractivity contribution in [1.29, 1.82) is 0 Å². The molecule has 2 heterocycles. The van der Waals surface area contributed by atoms with Crippen LogP contribution in [0.15, 0.2) is 84.9 Å². The molecule has 0 fully saturated rings. The molecule has 4 aromatic carbocycles. The molecule has 45 heavy (non-hydrogen) atoms. The Labute approximate surface area is 253 Å². The number of carbonyl (C=O) groups excluding carboxylic acids is 4. The van der Waals surface area contributed by atoms with Crippen LogP contribution >= 0.6 is 0 Å². The highest BCUT2D eigenvalue weighted by molar-refractivity contribution is 6.15. The van der Waals surface area contributed by atoms with E-state index in [0.29, 0.717) is 11.1 Å². The second-order valence-electron chi connectivity index (χ2n) is 9.79. The third kappa shape index (κ3) is 5.37. The van der Waals surface area contributed by atoms with E-state index < -0.39 is 58.1 Å². The topological polar surface area (TPSA) is 171 Å². The maximum Gasteiger partial charge on any atom is 0.346 e. The molecule has 0 atom stereocenters. The van der Waals surface area contributed by atoms with Crippen molar-refractivity contribution in [2.24, 2.45) is 0 Å². The van der Waals surface area contributed by atoms with E-state index in [0.717, 1.165) is 24.3 Å². The van der Waals surface area contributed by atoms with Gasteiger partial charge in [0.15, 0.2) is 0 Å². The average Bonchev–Trinajstić information content (AvgIpc) is 3.50. The number of hydrogen-bond donors (Lipinski definition) is 2.